The normalized spacial score (nSPS) is 14.1. The van der Waals surface area contributed by atoms with E-state index in [0.29, 0.717) is 6.54 Å². The molecule has 0 bridgehead atoms. The van der Waals surface area contributed by atoms with Gasteiger partial charge in [-0.1, -0.05) is 30.7 Å². The van der Waals surface area contributed by atoms with E-state index in [2.05, 4.69) is 44.9 Å². The van der Waals surface area contributed by atoms with Crippen LogP contribution in [0.25, 0.3) is 0 Å². The van der Waals surface area contributed by atoms with Gasteiger partial charge in [0.1, 0.15) is 0 Å². The molecule has 0 saturated carbocycles. The van der Waals surface area contributed by atoms with E-state index in [4.69, 9.17) is 17.3 Å². The van der Waals surface area contributed by atoms with Crippen LogP contribution in [-0.2, 0) is 0 Å². The minimum Gasteiger partial charge on any atom is -0.329 e. The van der Waals surface area contributed by atoms with Gasteiger partial charge < -0.3 is 5.73 Å². The van der Waals surface area contributed by atoms with Crippen LogP contribution in [0, 0.1) is 0 Å². The maximum Gasteiger partial charge on any atom is 0.0472 e. The third-order valence-electron chi connectivity index (χ3n) is 3.77. The monoisotopic (exact) mass is 254 g/mol. The second kappa shape index (κ2) is 5.85. The zero-order valence-electron chi connectivity index (χ0n) is 11.2. The van der Waals surface area contributed by atoms with Crippen LogP contribution < -0.4 is 5.73 Å². The number of halogens is 1. The van der Waals surface area contributed by atoms with Crippen LogP contribution in [0.5, 0.6) is 0 Å². The van der Waals surface area contributed by atoms with Gasteiger partial charge >= 0.3 is 0 Å². The minimum absolute atomic E-state index is 0.143. The molecule has 0 aliphatic rings. The fourth-order valence-corrected chi connectivity index (χ4v) is 2.00. The predicted octanol–water partition coefficient (Wildman–Crippen LogP) is 3.46. The van der Waals surface area contributed by atoms with E-state index in [-0.39, 0.29) is 11.6 Å². The van der Waals surface area contributed by atoms with Crippen LogP contribution >= 0.6 is 11.6 Å². The summed E-state index contributed by atoms with van der Waals surface area (Å²) in [6.45, 7) is 7.30. The second-order valence-electron chi connectivity index (χ2n) is 5.08. The third-order valence-corrected chi connectivity index (χ3v) is 4.02. The summed E-state index contributed by atoms with van der Waals surface area (Å²) < 4.78 is 0. The van der Waals surface area contributed by atoms with Crippen molar-refractivity contribution < 1.29 is 0 Å². The number of hydrogen-bond donors (Lipinski definition) is 1. The van der Waals surface area contributed by atoms with E-state index in [9.17, 15) is 0 Å². The summed E-state index contributed by atoms with van der Waals surface area (Å²) >= 11 is 5.91. The highest BCUT2D eigenvalue weighted by molar-refractivity contribution is 6.30. The predicted molar refractivity (Wildman–Crippen MR) is 75.4 cm³/mol. The number of rotatable bonds is 5. The van der Waals surface area contributed by atoms with Crippen molar-refractivity contribution in [3.8, 4) is 0 Å². The van der Waals surface area contributed by atoms with Crippen molar-refractivity contribution in [2.24, 2.45) is 5.73 Å². The summed E-state index contributed by atoms with van der Waals surface area (Å²) in [5, 5.41) is 0.766. The average molecular weight is 255 g/mol. The molecule has 17 heavy (non-hydrogen) atoms. The highest BCUT2D eigenvalue weighted by Crippen LogP contribution is 2.28. The molecular weight excluding hydrogens is 232 g/mol. The van der Waals surface area contributed by atoms with Gasteiger partial charge in [-0.2, -0.15) is 0 Å². The Bertz CT molecular complexity index is 346. The largest absolute Gasteiger partial charge is 0.329 e. The summed E-state index contributed by atoms with van der Waals surface area (Å²) in [5.41, 5.74) is 7.29. The van der Waals surface area contributed by atoms with Crippen LogP contribution in [0.3, 0.4) is 0 Å². The van der Waals surface area contributed by atoms with E-state index >= 15 is 0 Å². The number of benzene rings is 1. The standard InChI is InChI=1S/C14H23ClN2/c1-5-14(2,3)17(4)13(10-16)11-6-8-12(15)9-7-11/h6-9,13H,5,10,16H2,1-4H3. The molecule has 1 unspecified atom stereocenters. The van der Waals surface area contributed by atoms with E-state index in [0.717, 1.165) is 11.4 Å². The van der Waals surface area contributed by atoms with Crippen LogP contribution in [0.15, 0.2) is 24.3 Å². The Balaban J connectivity index is 2.95. The smallest absolute Gasteiger partial charge is 0.0472 e. The van der Waals surface area contributed by atoms with Gasteiger partial charge in [0.25, 0.3) is 0 Å². The fraction of sp³-hybridized carbons (Fsp3) is 0.571. The highest BCUT2D eigenvalue weighted by atomic mass is 35.5. The Labute approximate surface area is 110 Å². The van der Waals surface area contributed by atoms with Gasteiger partial charge in [0.15, 0.2) is 0 Å². The van der Waals surface area contributed by atoms with Crippen molar-refractivity contribution in [2.45, 2.75) is 38.8 Å². The topological polar surface area (TPSA) is 29.3 Å². The van der Waals surface area contributed by atoms with Crippen LogP contribution in [-0.4, -0.2) is 24.0 Å². The summed E-state index contributed by atoms with van der Waals surface area (Å²) in [5.74, 6) is 0. The maximum atomic E-state index is 5.92. The van der Waals surface area contributed by atoms with E-state index in [1.807, 2.05) is 12.1 Å². The molecule has 0 radical (unpaired) electrons. The molecule has 96 valence electrons. The first-order valence-corrected chi connectivity index (χ1v) is 6.48. The lowest BCUT2D eigenvalue weighted by atomic mass is 9.95. The molecule has 0 aliphatic carbocycles. The Kier molecular flexibility index (Phi) is 4.99. The number of hydrogen-bond acceptors (Lipinski definition) is 2. The molecule has 0 heterocycles. The lowest BCUT2D eigenvalue weighted by Gasteiger charge is -2.40. The first kappa shape index (κ1) is 14.5. The Morgan fingerprint density at radius 1 is 1.29 bits per heavy atom. The summed E-state index contributed by atoms with van der Waals surface area (Å²) in [6, 6.07) is 8.20. The number of nitrogens with zero attached hydrogens (tertiary/aromatic N) is 1. The van der Waals surface area contributed by atoms with E-state index in [1.54, 1.807) is 0 Å². The number of nitrogens with two attached hydrogens (primary N) is 1. The Morgan fingerprint density at radius 2 is 1.82 bits per heavy atom. The number of likely N-dealkylation sites (N-methyl/N-ethyl adjacent to an activating group) is 1. The SMILES string of the molecule is CCC(C)(C)N(C)C(CN)c1ccc(Cl)cc1. The molecule has 0 fully saturated rings. The molecule has 1 aromatic carbocycles. The van der Waals surface area contributed by atoms with Gasteiger partial charge in [0, 0.05) is 23.1 Å². The van der Waals surface area contributed by atoms with Crippen molar-refractivity contribution in [1.82, 2.24) is 4.90 Å². The zero-order chi connectivity index (χ0) is 13.1. The van der Waals surface area contributed by atoms with Crippen molar-refractivity contribution in [3.05, 3.63) is 34.9 Å². The quantitative estimate of drug-likeness (QED) is 0.872. The average Bonchev–Trinajstić information content (AvgIpc) is 2.32. The lowest BCUT2D eigenvalue weighted by Crippen LogP contribution is -2.45. The molecule has 0 spiro atoms. The Morgan fingerprint density at radius 3 is 2.24 bits per heavy atom. The van der Waals surface area contributed by atoms with Crippen molar-refractivity contribution in [1.29, 1.82) is 0 Å². The fourth-order valence-electron chi connectivity index (χ4n) is 1.87. The van der Waals surface area contributed by atoms with Crippen LogP contribution in [0.2, 0.25) is 5.02 Å². The summed E-state index contributed by atoms with van der Waals surface area (Å²) in [7, 11) is 2.13. The van der Waals surface area contributed by atoms with Crippen molar-refractivity contribution >= 4 is 11.6 Å². The molecule has 1 rings (SSSR count). The van der Waals surface area contributed by atoms with E-state index in [1.165, 1.54) is 5.56 Å². The molecule has 2 nitrogen and oxygen atoms in total. The summed E-state index contributed by atoms with van der Waals surface area (Å²) in [4.78, 5) is 2.34. The van der Waals surface area contributed by atoms with Gasteiger partial charge in [-0.25, -0.2) is 0 Å². The van der Waals surface area contributed by atoms with Crippen molar-refractivity contribution in [2.75, 3.05) is 13.6 Å². The van der Waals surface area contributed by atoms with Gasteiger partial charge in [-0.3, -0.25) is 4.90 Å². The highest BCUT2D eigenvalue weighted by Gasteiger charge is 2.27. The van der Waals surface area contributed by atoms with Gasteiger partial charge in [-0.15, -0.1) is 0 Å². The maximum absolute atomic E-state index is 5.92. The third kappa shape index (κ3) is 3.44. The second-order valence-corrected chi connectivity index (χ2v) is 5.52. The Hall–Kier alpha value is -0.570. The molecule has 1 aromatic rings. The van der Waals surface area contributed by atoms with Crippen molar-refractivity contribution in [3.63, 3.8) is 0 Å². The van der Waals surface area contributed by atoms with Crippen LogP contribution in [0.1, 0.15) is 38.8 Å². The first-order chi connectivity index (χ1) is 7.92. The molecule has 0 aromatic heterocycles. The van der Waals surface area contributed by atoms with Gasteiger partial charge in [-0.05, 0) is 45.0 Å². The molecule has 1 atom stereocenters. The summed E-state index contributed by atoms with van der Waals surface area (Å²) in [6.07, 6.45) is 1.09. The lowest BCUT2D eigenvalue weighted by molar-refractivity contribution is 0.100. The van der Waals surface area contributed by atoms with Gasteiger partial charge in [0.2, 0.25) is 0 Å². The molecule has 0 aliphatic heterocycles. The molecular formula is C14H23ClN2. The zero-order valence-corrected chi connectivity index (χ0v) is 12.0. The molecule has 2 N–H and O–H groups in total. The van der Waals surface area contributed by atoms with Crippen LogP contribution in [0.4, 0.5) is 0 Å². The minimum atomic E-state index is 0.143. The molecule has 0 amide bonds. The first-order valence-electron chi connectivity index (χ1n) is 6.11. The molecule has 3 heteroatoms. The van der Waals surface area contributed by atoms with Gasteiger partial charge in [0.05, 0.1) is 0 Å². The molecule has 0 saturated heterocycles. The van der Waals surface area contributed by atoms with E-state index < -0.39 is 0 Å².